The van der Waals surface area contributed by atoms with Gasteiger partial charge in [0.25, 0.3) is 5.91 Å². The highest BCUT2D eigenvalue weighted by Crippen LogP contribution is 2.47. The lowest BCUT2D eigenvalue weighted by Gasteiger charge is -2.58. The third kappa shape index (κ3) is 6.50. The molecule has 0 radical (unpaired) electrons. The first-order valence-corrected chi connectivity index (χ1v) is 22.1. The van der Waals surface area contributed by atoms with Crippen LogP contribution in [0, 0.1) is 22.7 Å². The molecule has 62 heavy (non-hydrogen) atoms. The number of aromatic nitrogens is 3. The van der Waals surface area contributed by atoms with Gasteiger partial charge >= 0.3 is 5.97 Å². The summed E-state index contributed by atoms with van der Waals surface area (Å²) in [5.74, 6) is -0.796. The molecule has 0 unspecified atom stereocenters. The molecule has 8 aliphatic rings. The van der Waals surface area contributed by atoms with E-state index in [1.807, 2.05) is 19.9 Å². The summed E-state index contributed by atoms with van der Waals surface area (Å²) < 4.78 is 38.1. The molecule has 12 rings (SSSR count). The predicted octanol–water partition coefficient (Wildman–Crippen LogP) is 4.15. The van der Waals surface area contributed by atoms with Crippen molar-refractivity contribution in [3.8, 4) is 22.5 Å². The Kier molecular flexibility index (Phi) is 9.67. The standard InChI is InChI=1S/C46H55N7O9/c1-24-15-60-40(24)41(54)49-37-39(51-19-46(20-51)22-59-23-46)42-48-33(18-61-42)26-8-9-34-31(13-26)32(38(52(34)29-16-58-17-29)30-7-6-10-47-35(30)25(2)57-5)14-45(3,4)21-62-44(56)36-27-11-28(12-27)53(50-36)43(37)55/h6-10,13,18,24-25,27-29,36-37,39-40,50H,11-12,14-17,19-23H2,1-5H3,(H,49,54)/t24-,25-,27?,28?,36-,37-,39-,40+/m0/s1. The summed E-state index contributed by atoms with van der Waals surface area (Å²) in [6, 6.07) is 7.77. The molecule has 7 fully saturated rings. The summed E-state index contributed by atoms with van der Waals surface area (Å²) >= 11 is 0. The van der Waals surface area contributed by atoms with Crippen molar-refractivity contribution in [3.63, 3.8) is 0 Å². The van der Waals surface area contributed by atoms with Crippen molar-refractivity contribution in [3.05, 3.63) is 59.9 Å². The van der Waals surface area contributed by atoms with E-state index in [2.05, 4.69) is 58.3 Å². The Labute approximate surface area is 359 Å². The van der Waals surface area contributed by atoms with E-state index in [-0.39, 0.29) is 53.9 Å². The minimum atomic E-state index is -1.11. The maximum Gasteiger partial charge on any atom is 0.325 e. The highest BCUT2D eigenvalue weighted by Gasteiger charge is 2.57. The number of ether oxygens (including phenoxy) is 5. The third-order valence-corrected chi connectivity index (χ3v) is 14.5. The fraction of sp³-hybridized carbons (Fsp3) is 0.587. The number of oxazole rings is 1. The molecule has 1 spiro atoms. The average Bonchev–Trinajstić information content (AvgIpc) is 3.80. The van der Waals surface area contributed by atoms with Gasteiger partial charge in [0.1, 0.15) is 36.2 Å². The number of fused-ring (bicyclic) bond motifs is 4. The zero-order chi connectivity index (χ0) is 42.7. The maximum atomic E-state index is 15.1. The summed E-state index contributed by atoms with van der Waals surface area (Å²) in [7, 11) is 1.69. The fourth-order valence-electron chi connectivity index (χ4n) is 10.7. The molecule has 16 nitrogen and oxygen atoms in total. The number of hydrazine groups is 1. The monoisotopic (exact) mass is 849 g/mol. The van der Waals surface area contributed by atoms with Crippen molar-refractivity contribution in [2.45, 2.75) is 89.4 Å². The van der Waals surface area contributed by atoms with Crippen molar-refractivity contribution in [2.75, 3.05) is 59.8 Å². The first-order valence-electron chi connectivity index (χ1n) is 22.1. The van der Waals surface area contributed by atoms with Crippen LogP contribution in [0.1, 0.15) is 75.9 Å². The van der Waals surface area contributed by atoms with Crippen molar-refractivity contribution >= 4 is 28.7 Å². The van der Waals surface area contributed by atoms with Crippen LogP contribution in [0.5, 0.6) is 0 Å². The minimum absolute atomic E-state index is 0.000428. The number of hydrogen-bond donors (Lipinski definition) is 2. The van der Waals surface area contributed by atoms with E-state index in [1.165, 1.54) is 0 Å². The second-order valence-corrected chi connectivity index (χ2v) is 19.7. The van der Waals surface area contributed by atoms with Gasteiger partial charge in [-0.1, -0.05) is 26.8 Å². The van der Waals surface area contributed by atoms with Gasteiger partial charge in [0, 0.05) is 71.2 Å². The molecular weight excluding hydrogens is 795 g/mol. The molecule has 2 amide bonds. The van der Waals surface area contributed by atoms with Gasteiger partial charge in [-0.05, 0) is 61.9 Å². The Morgan fingerprint density at radius 3 is 2.53 bits per heavy atom. The quantitative estimate of drug-likeness (QED) is 0.255. The molecule has 4 aromatic rings. The van der Waals surface area contributed by atoms with Gasteiger partial charge in [-0.15, -0.1) is 0 Å². The summed E-state index contributed by atoms with van der Waals surface area (Å²) in [6.07, 6.45) is 4.35. The van der Waals surface area contributed by atoms with E-state index >= 15 is 4.79 Å². The van der Waals surface area contributed by atoms with Gasteiger partial charge in [-0.25, -0.2) is 10.4 Å². The van der Waals surface area contributed by atoms with Crippen LogP contribution < -0.4 is 10.7 Å². The highest BCUT2D eigenvalue weighted by atomic mass is 16.5. The zero-order valence-corrected chi connectivity index (χ0v) is 35.9. The number of methoxy groups -OCH3 is 1. The van der Waals surface area contributed by atoms with Crippen LogP contribution in [0.4, 0.5) is 0 Å². The van der Waals surface area contributed by atoms with Crippen molar-refractivity contribution in [2.24, 2.45) is 22.7 Å². The smallest absolute Gasteiger partial charge is 0.325 e. The fourth-order valence-corrected chi connectivity index (χ4v) is 10.7. The molecule has 16 heteroatoms. The first kappa shape index (κ1) is 40.1. The number of carbonyl (C=O) groups is 3. The second-order valence-electron chi connectivity index (χ2n) is 19.7. The normalized spacial score (nSPS) is 30.9. The van der Waals surface area contributed by atoms with Crippen LogP contribution in [0.15, 0.2) is 47.2 Å². The number of nitrogens with one attached hydrogen (secondary N) is 2. The lowest BCUT2D eigenvalue weighted by Crippen LogP contribution is -2.74. The van der Waals surface area contributed by atoms with E-state index in [4.69, 9.17) is 38.1 Å². The van der Waals surface area contributed by atoms with E-state index < -0.39 is 35.6 Å². The number of esters is 1. The third-order valence-electron chi connectivity index (χ3n) is 14.5. The van der Waals surface area contributed by atoms with E-state index in [1.54, 1.807) is 24.6 Å². The van der Waals surface area contributed by atoms with Crippen LogP contribution >= 0.6 is 0 Å². The molecule has 6 atom stereocenters. The van der Waals surface area contributed by atoms with Crippen molar-refractivity contribution in [1.82, 2.24) is 35.2 Å². The lowest BCUT2D eigenvalue weighted by molar-refractivity contribution is -0.206. The second kappa shape index (κ2) is 14.9. The number of cyclic esters (lactones) is 1. The molecule has 8 bridgehead atoms. The molecule has 328 valence electrons. The Hall–Kier alpha value is -4.71. The minimum Gasteiger partial charge on any atom is -0.464 e. The Balaban J connectivity index is 1.08. The summed E-state index contributed by atoms with van der Waals surface area (Å²) in [4.78, 5) is 55.5. The number of pyridine rings is 1. The van der Waals surface area contributed by atoms with Crippen molar-refractivity contribution < 1.29 is 42.5 Å². The average molecular weight is 850 g/mol. The van der Waals surface area contributed by atoms with Gasteiger partial charge in [-0.2, -0.15) is 0 Å². The molecule has 1 aliphatic carbocycles. The summed E-state index contributed by atoms with van der Waals surface area (Å²) in [5.41, 5.74) is 9.15. The molecule has 6 saturated heterocycles. The number of amides is 2. The molecule has 7 aliphatic heterocycles. The molecule has 1 aromatic carbocycles. The van der Waals surface area contributed by atoms with Gasteiger partial charge < -0.3 is 38.0 Å². The largest absolute Gasteiger partial charge is 0.464 e. The van der Waals surface area contributed by atoms with Crippen LogP contribution in [0.2, 0.25) is 0 Å². The molecule has 2 N–H and O–H groups in total. The van der Waals surface area contributed by atoms with Crippen LogP contribution in [-0.2, 0) is 44.5 Å². The Morgan fingerprint density at radius 1 is 1.05 bits per heavy atom. The lowest BCUT2D eigenvalue weighted by atomic mass is 9.72. The zero-order valence-electron chi connectivity index (χ0n) is 35.9. The van der Waals surface area contributed by atoms with Crippen molar-refractivity contribution in [1.29, 1.82) is 0 Å². The molecule has 10 heterocycles. The van der Waals surface area contributed by atoms with E-state index in [0.717, 1.165) is 39.0 Å². The van der Waals surface area contributed by atoms with Crippen LogP contribution in [0.25, 0.3) is 33.4 Å². The van der Waals surface area contributed by atoms with E-state index in [0.29, 0.717) is 77.0 Å². The maximum absolute atomic E-state index is 15.1. The number of hydrogen-bond acceptors (Lipinski definition) is 13. The van der Waals surface area contributed by atoms with Crippen LogP contribution in [-0.4, -0.2) is 126 Å². The number of likely N-dealkylation sites (tertiary alicyclic amines) is 1. The first-order chi connectivity index (χ1) is 29.9. The van der Waals surface area contributed by atoms with E-state index in [9.17, 15) is 9.59 Å². The molecular formula is C46H55N7O9. The van der Waals surface area contributed by atoms with Gasteiger partial charge in [0.15, 0.2) is 0 Å². The molecule has 1 saturated carbocycles. The molecule has 3 aromatic heterocycles. The predicted molar refractivity (Wildman–Crippen MR) is 223 cm³/mol. The SMILES string of the molecule is CO[C@@H](C)c1ncccc1-c1c2c3cc(ccc3n1C1COC1)-c1coc(n1)[C@@H](N1CC3(COC3)C1)[C@H](NC(=O)[C@@H]1OC[C@@H]1C)C(=O)N1N[C@H](C(=O)OCC(C)(C)C2)C2CC1C2. The van der Waals surface area contributed by atoms with Gasteiger partial charge in [0.2, 0.25) is 11.8 Å². The summed E-state index contributed by atoms with van der Waals surface area (Å²) in [5, 5.41) is 5.72. The van der Waals surface area contributed by atoms with Gasteiger partial charge in [-0.3, -0.25) is 29.3 Å². The summed E-state index contributed by atoms with van der Waals surface area (Å²) in [6.45, 7) is 12.5. The highest BCUT2D eigenvalue weighted by molar-refractivity contribution is 5.95. The number of nitrogens with zero attached hydrogens (tertiary/aromatic N) is 5. The Morgan fingerprint density at radius 2 is 1.85 bits per heavy atom. The Bertz CT molecular complexity index is 2420. The number of carbonyl (C=O) groups excluding carboxylic acids is 3. The number of benzene rings is 1. The van der Waals surface area contributed by atoms with Crippen LogP contribution in [0.3, 0.4) is 0 Å². The number of rotatable bonds is 7. The van der Waals surface area contributed by atoms with Gasteiger partial charge in [0.05, 0.1) is 63.2 Å². The topological polar surface area (TPSA) is 172 Å².